The van der Waals surface area contributed by atoms with Crippen molar-refractivity contribution in [1.82, 2.24) is 0 Å². The fourth-order valence-corrected chi connectivity index (χ4v) is 2.64. The van der Waals surface area contributed by atoms with Crippen molar-refractivity contribution in [2.24, 2.45) is 0 Å². The normalized spacial score (nSPS) is 24.6. The number of phenolic OH excluding ortho intramolecular Hbond substituents is 2. The third-order valence-electron chi connectivity index (χ3n) is 3.76. The maximum atomic E-state index is 12.2. The number of ether oxygens (including phenoxy) is 1. The van der Waals surface area contributed by atoms with Crippen LogP contribution in [0.2, 0.25) is 0 Å². The van der Waals surface area contributed by atoms with Crippen LogP contribution in [0.15, 0.2) is 35.3 Å². The molecule has 0 amide bonds. The number of ketones is 1. The molecule has 2 atom stereocenters. The molecule has 0 saturated heterocycles. The van der Waals surface area contributed by atoms with Gasteiger partial charge in [-0.3, -0.25) is 4.79 Å². The fraction of sp³-hybridized carbons (Fsp3) is 0.267. The SMILES string of the molecule is O=C1c2c(O)cc(O)cc2O[C@H](C2=CC(O)=C(O)CC2)[C@H]1O. The van der Waals surface area contributed by atoms with Crippen LogP contribution in [0.1, 0.15) is 23.2 Å². The molecule has 0 aromatic heterocycles. The third kappa shape index (κ3) is 2.15. The Balaban J connectivity index is 2.03. The molecule has 3 rings (SSSR count). The van der Waals surface area contributed by atoms with Crippen LogP contribution in [0.25, 0.3) is 0 Å². The first-order chi connectivity index (χ1) is 10.4. The Morgan fingerprint density at radius 3 is 2.50 bits per heavy atom. The molecule has 0 radical (unpaired) electrons. The Hall–Kier alpha value is -2.67. The minimum atomic E-state index is -1.55. The lowest BCUT2D eigenvalue weighted by molar-refractivity contribution is 0.0325. The van der Waals surface area contributed by atoms with Crippen molar-refractivity contribution in [2.75, 3.05) is 0 Å². The Morgan fingerprint density at radius 2 is 1.82 bits per heavy atom. The second-order valence-electron chi connectivity index (χ2n) is 5.24. The molecule has 1 heterocycles. The Bertz CT molecular complexity index is 717. The molecule has 1 aliphatic carbocycles. The molecule has 1 aromatic carbocycles. The second-order valence-corrected chi connectivity index (χ2v) is 5.24. The van der Waals surface area contributed by atoms with Gasteiger partial charge in [0.05, 0.1) is 0 Å². The molecule has 1 aromatic rings. The zero-order valence-corrected chi connectivity index (χ0v) is 11.4. The first kappa shape index (κ1) is 14.3. The quantitative estimate of drug-likeness (QED) is 0.531. The van der Waals surface area contributed by atoms with E-state index in [1.807, 2.05) is 0 Å². The molecule has 22 heavy (non-hydrogen) atoms. The smallest absolute Gasteiger partial charge is 0.202 e. The van der Waals surface area contributed by atoms with E-state index in [2.05, 4.69) is 0 Å². The number of carbonyl (C=O) groups excluding carboxylic acids is 1. The lowest BCUT2D eigenvalue weighted by Gasteiger charge is -2.32. The Labute approximate surface area is 125 Å². The van der Waals surface area contributed by atoms with Crippen LogP contribution in [0.4, 0.5) is 0 Å². The highest BCUT2D eigenvalue weighted by atomic mass is 16.5. The highest BCUT2D eigenvalue weighted by Gasteiger charge is 2.40. The summed E-state index contributed by atoms with van der Waals surface area (Å²) in [6.45, 7) is 0. The monoisotopic (exact) mass is 306 g/mol. The summed E-state index contributed by atoms with van der Waals surface area (Å²) in [5.41, 5.74) is 0.241. The van der Waals surface area contributed by atoms with E-state index in [-0.39, 0.29) is 35.0 Å². The van der Waals surface area contributed by atoms with E-state index in [1.165, 1.54) is 12.1 Å². The van der Waals surface area contributed by atoms with Crippen molar-refractivity contribution in [2.45, 2.75) is 25.0 Å². The average Bonchev–Trinajstić information content (AvgIpc) is 2.45. The zero-order chi connectivity index (χ0) is 16.0. The number of phenols is 2. The summed E-state index contributed by atoms with van der Waals surface area (Å²) in [6, 6.07) is 2.15. The molecule has 0 unspecified atom stereocenters. The van der Waals surface area contributed by atoms with Gasteiger partial charge in [-0.1, -0.05) is 0 Å². The maximum absolute atomic E-state index is 12.2. The van der Waals surface area contributed by atoms with Crippen molar-refractivity contribution >= 4 is 5.78 Å². The number of hydrogen-bond donors (Lipinski definition) is 5. The highest BCUT2D eigenvalue weighted by molar-refractivity contribution is 6.05. The van der Waals surface area contributed by atoms with Gasteiger partial charge in [0.15, 0.2) is 18.0 Å². The number of hydrogen-bond acceptors (Lipinski definition) is 7. The van der Waals surface area contributed by atoms with E-state index in [9.17, 15) is 30.3 Å². The van der Waals surface area contributed by atoms with Crippen LogP contribution >= 0.6 is 0 Å². The van der Waals surface area contributed by atoms with Crippen LogP contribution in [-0.4, -0.2) is 43.5 Å². The first-order valence-corrected chi connectivity index (χ1v) is 6.65. The summed E-state index contributed by atoms with van der Waals surface area (Å²) in [5.74, 6) is -2.04. The highest BCUT2D eigenvalue weighted by Crippen LogP contribution is 2.40. The van der Waals surface area contributed by atoms with Gasteiger partial charge in [0.25, 0.3) is 0 Å². The predicted molar refractivity (Wildman–Crippen MR) is 74.1 cm³/mol. The van der Waals surface area contributed by atoms with E-state index in [4.69, 9.17) is 4.74 Å². The van der Waals surface area contributed by atoms with Crippen LogP contribution in [-0.2, 0) is 0 Å². The van der Waals surface area contributed by atoms with E-state index in [0.717, 1.165) is 6.07 Å². The predicted octanol–water partition coefficient (Wildman–Crippen LogP) is 1.45. The fourth-order valence-electron chi connectivity index (χ4n) is 2.64. The molecule has 7 heteroatoms. The first-order valence-electron chi connectivity index (χ1n) is 6.65. The van der Waals surface area contributed by atoms with Gasteiger partial charge in [-0.05, 0) is 18.1 Å². The number of aromatic hydroxyl groups is 2. The number of fused-ring (bicyclic) bond motifs is 1. The number of benzene rings is 1. The summed E-state index contributed by atoms with van der Waals surface area (Å²) in [7, 11) is 0. The van der Waals surface area contributed by atoms with E-state index >= 15 is 0 Å². The Kier molecular flexibility index (Phi) is 3.22. The van der Waals surface area contributed by atoms with E-state index in [1.54, 1.807) is 0 Å². The molecule has 0 fully saturated rings. The number of allylic oxidation sites excluding steroid dienone is 2. The van der Waals surface area contributed by atoms with Gasteiger partial charge in [0, 0.05) is 18.6 Å². The van der Waals surface area contributed by atoms with Gasteiger partial charge in [0.1, 0.15) is 28.6 Å². The second kappa shape index (κ2) is 4.96. The van der Waals surface area contributed by atoms with Crippen molar-refractivity contribution in [3.63, 3.8) is 0 Å². The minimum absolute atomic E-state index is 0.0445. The van der Waals surface area contributed by atoms with E-state index < -0.39 is 23.7 Å². The summed E-state index contributed by atoms with van der Waals surface area (Å²) >= 11 is 0. The summed E-state index contributed by atoms with van der Waals surface area (Å²) in [5, 5.41) is 48.3. The van der Waals surface area contributed by atoms with Crippen molar-refractivity contribution < 1.29 is 35.1 Å². The van der Waals surface area contributed by atoms with Gasteiger partial charge in [-0.25, -0.2) is 0 Å². The summed E-state index contributed by atoms with van der Waals surface area (Å²) in [6.07, 6.45) is -0.909. The number of aliphatic hydroxyl groups excluding tert-OH is 3. The Morgan fingerprint density at radius 1 is 1.09 bits per heavy atom. The van der Waals surface area contributed by atoms with Gasteiger partial charge in [0.2, 0.25) is 5.78 Å². The zero-order valence-electron chi connectivity index (χ0n) is 11.4. The molecule has 0 spiro atoms. The van der Waals surface area contributed by atoms with Gasteiger partial charge in [-0.2, -0.15) is 0 Å². The number of Topliss-reactive ketones (excluding diaryl/α,β-unsaturated/α-hetero) is 1. The topological polar surface area (TPSA) is 127 Å². The van der Waals surface area contributed by atoms with Crippen LogP contribution in [0, 0.1) is 0 Å². The molecule has 0 saturated carbocycles. The maximum Gasteiger partial charge on any atom is 0.202 e. The van der Waals surface area contributed by atoms with E-state index in [0.29, 0.717) is 12.0 Å². The minimum Gasteiger partial charge on any atom is -0.508 e. The largest absolute Gasteiger partial charge is 0.508 e. The number of aliphatic hydroxyl groups is 3. The molecule has 2 aliphatic rings. The van der Waals surface area contributed by atoms with Gasteiger partial charge < -0.3 is 30.3 Å². The molecular formula is C15H14O7. The lowest BCUT2D eigenvalue weighted by Crippen LogP contribution is -2.43. The molecule has 1 aliphatic heterocycles. The summed E-state index contributed by atoms with van der Waals surface area (Å²) < 4.78 is 5.52. The molecule has 5 N–H and O–H groups in total. The summed E-state index contributed by atoms with van der Waals surface area (Å²) in [4.78, 5) is 12.2. The van der Waals surface area contributed by atoms with Crippen LogP contribution < -0.4 is 4.74 Å². The van der Waals surface area contributed by atoms with Crippen molar-refractivity contribution in [3.05, 3.63) is 40.9 Å². The van der Waals surface area contributed by atoms with Crippen LogP contribution in [0.3, 0.4) is 0 Å². The number of carbonyl (C=O) groups is 1. The standard InChI is InChI=1S/C15H14O7/c16-7-4-10(19)12-11(5-7)22-15(14(21)13(12)20)6-1-2-8(17)9(18)3-6/h3-5,14-19,21H,1-2H2/t14-,15+/m0/s1. The molecular weight excluding hydrogens is 292 g/mol. The third-order valence-corrected chi connectivity index (χ3v) is 3.76. The van der Waals surface area contributed by atoms with Gasteiger partial charge in [-0.15, -0.1) is 0 Å². The lowest BCUT2D eigenvalue weighted by atomic mass is 9.88. The number of rotatable bonds is 1. The average molecular weight is 306 g/mol. The molecule has 0 bridgehead atoms. The van der Waals surface area contributed by atoms with Crippen molar-refractivity contribution in [3.8, 4) is 17.2 Å². The van der Waals surface area contributed by atoms with Gasteiger partial charge >= 0.3 is 0 Å². The van der Waals surface area contributed by atoms with Crippen LogP contribution in [0.5, 0.6) is 17.2 Å². The molecule has 7 nitrogen and oxygen atoms in total. The van der Waals surface area contributed by atoms with Crippen molar-refractivity contribution in [1.29, 1.82) is 0 Å². The molecule has 116 valence electrons.